The molecular weight excluding hydrogens is 236 g/mol. The number of hydrogen-bond donors (Lipinski definition) is 1. The third-order valence-corrected chi connectivity index (χ3v) is 3.20. The van der Waals surface area contributed by atoms with Gasteiger partial charge >= 0.3 is 0 Å². The molecule has 0 spiro atoms. The topological polar surface area (TPSA) is 33.1 Å². The van der Waals surface area contributed by atoms with Gasteiger partial charge in [-0.05, 0) is 19.7 Å². The summed E-state index contributed by atoms with van der Waals surface area (Å²) in [6.45, 7) is 1.80. The Morgan fingerprint density at radius 1 is 1.26 bits per heavy atom. The summed E-state index contributed by atoms with van der Waals surface area (Å²) in [5.41, 5.74) is 2.51. The van der Waals surface area contributed by atoms with E-state index in [4.69, 9.17) is 0 Å². The largest absolute Gasteiger partial charge is 0.337 e. The highest BCUT2D eigenvalue weighted by molar-refractivity contribution is 5.19. The predicted octanol–water partition coefficient (Wildman–Crippen LogP) is 1.81. The zero-order valence-electron chi connectivity index (χ0n) is 11.9. The van der Waals surface area contributed by atoms with Crippen LogP contribution in [-0.4, -0.2) is 35.1 Å². The maximum Gasteiger partial charge on any atom is 0.0945 e. The summed E-state index contributed by atoms with van der Waals surface area (Å²) < 4.78 is 2.05. The molecule has 0 aliphatic heterocycles. The zero-order chi connectivity index (χ0) is 13.7. The predicted molar refractivity (Wildman–Crippen MR) is 77.8 cm³/mol. The van der Waals surface area contributed by atoms with Crippen LogP contribution in [0.15, 0.2) is 42.9 Å². The molecule has 2 aromatic rings. The second-order valence-corrected chi connectivity index (χ2v) is 5.10. The Kier molecular flexibility index (Phi) is 4.71. The fraction of sp³-hybridized carbons (Fsp3) is 0.400. The first-order valence-corrected chi connectivity index (χ1v) is 6.55. The van der Waals surface area contributed by atoms with Crippen molar-refractivity contribution in [1.29, 1.82) is 0 Å². The molecule has 0 saturated heterocycles. The van der Waals surface area contributed by atoms with Crippen molar-refractivity contribution < 1.29 is 0 Å². The molecule has 0 bridgehead atoms. The van der Waals surface area contributed by atoms with Crippen LogP contribution in [0.25, 0.3) is 0 Å². The van der Waals surface area contributed by atoms with Gasteiger partial charge in [-0.25, -0.2) is 4.98 Å². The Balaban J connectivity index is 2.04. The molecule has 4 nitrogen and oxygen atoms in total. The minimum atomic E-state index is 0.325. The highest BCUT2D eigenvalue weighted by Crippen LogP contribution is 2.14. The summed E-state index contributed by atoms with van der Waals surface area (Å²) in [5.74, 6) is 0. The molecule has 0 aliphatic carbocycles. The number of benzene rings is 1. The standard InChI is InChI=1S/C15H22N4/c1-18(2)11-15(13-7-5-4-6-8-13)17-10-14-9-16-12-19(14)3/h4-9,12,15,17H,10-11H2,1-3H3. The second-order valence-electron chi connectivity index (χ2n) is 5.10. The van der Waals surface area contributed by atoms with Gasteiger partial charge in [0.15, 0.2) is 0 Å². The van der Waals surface area contributed by atoms with E-state index < -0.39 is 0 Å². The molecule has 1 atom stereocenters. The minimum absolute atomic E-state index is 0.325. The molecule has 1 aromatic carbocycles. The average molecular weight is 258 g/mol. The van der Waals surface area contributed by atoms with Crippen LogP contribution in [0.2, 0.25) is 0 Å². The van der Waals surface area contributed by atoms with Crippen molar-refractivity contribution in [2.24, 2.45) is 7.05 Å². The number of likely N-dealkylation sites (N-methyl/N-ethyl adjacent to an activating group) is 1. The SMILES string of the molecule is CN(C)CC(NCc1cncn1C)c1ccccc1. The lowest BCUT2D eigenvalue weighted by molar-refractivity contribution is 0.339. The Labute approximate surface area is 115 Å². The van der Waals surface area contributed by atoms with Crippen molar-refractivity contribution in [3.05, 3.63) is 54.1 Å². The maximum absolute atomic E-state index is 4.15. The van der Waals surface area contributed by atoms with Gasteiger partial charge in [0.05, 0.1) is 12.0 Å². The van der Waals surface area contributed by atoms with Crippen molar-refractivity contribution >= 4 is 0 Å². The molecule has 1 aromatic heterocycles. The number of nitrogens with zero attached hydrogens (tertiary/aromatic N) is 3. The first-order valence-electron chi connectivity index (χ1n) is 6.55. The van der Waals surface area contributed by atoms with Crippen LogP contribution < -0.4 is 5.32 Å². The van der Waals surface area contributed by atoms with Crippen LogP contribution in [0.1, 0.15) is 17.3 Å². The van der Waals surface area contributed by atoms with Crippen LogP contribution in [0, 0.1) is 0 Å². The third-order valence-electron chi connectivity index (χ3n) is 3.20. The van der Waals surface area contributed by atoms with Crippen LogP contribution in [0.5, 0.6) is 0 Å². The first-order chi connectivity index (χ1) is 9.16. The quantitative estimate of drug-likeness (QED) is 0.858. The molecule has 102 valence electrons. The molecule has 0 amide bonds. The van der Waals surface area contributed by atoms with E-state index in [1.165, 1.54) is 11.3 Å². The Hall–Kier alpha value is -1.65. The molecule has 2 rings (SSSR count). The van der Waals surface area contributed by atoms with Crippen LogP contribution >= 0.6 is 0 Å². The highest BCUT2D eigenvalue weighted by Gasteiger charge is 2.12. The van der Waals surface area contributed by atoms with Crippen molar-refractivity contribution in [3.63, 3.8) is 0 Å². The molecule has 1 unspecified atom stereocenters. The molecule has 19 heavy (non-hydrogen) atoms. The minimum Gasteiger partial charge on any atom is -0.337 e. The Bertz CT molecular complexity index is 490. The average Bonchev–Trinajstić information content (AvgIpc) is 2.81. The molecule has 0 radical (unpaired) electrons. The first kappa shape index (κ1) is 13.8. The van der Waals surface area contributed by atoms with E-state index in [0.717, 1.165) is 13.1 Å². The van der Waals surface area contributed by atoms with Crippen molar-refractivity contribution in [2.45, 2.75) is 12.6 Å². The molecule has 1 N–H and O–H groups in total. The number of aryl methyl sites for hydroxylation is 1. The van der Waals surface area contributed by atoms with Gasteiger partial charge in [0, 0.05) is 32.4 Å². The van der Waals surface area contributed by atoms with Crippen LogP contribution in [0.4, 0.5) is 0 Å². The van der Waals surface area contributed by atoms with Gasteiger partial charge in [-0.3, -0.25) is 0 Å². The summed E-state index contributed by atoms with van der Waals surface area (Å²) in [4.78, 5) is 6.35. The molecule has 0 aliphatic rings. The molecular formula is C15H22N4. The Morgan fingerprint density at radius 2 is 2.00 bits per heavy atom. The molecule has 4 heteroatoms. The van der Waals surface area contributed by atoms with Crippen molar-refractivity contribution in [1.82, 2.24) is 19.8 Å². The fourth-order valence-corrected chi connectivity index (χ4v) is 2.12. The smallest absolute Gasteiger partial charge is 0.0945 e. The van der Waals surface area contributed by atoms with Crippen LogP contribution in [0.3, 0.4) is 0 Å². The van der Waals surface area contributed by atoms with Gasteiger partial charge in [-0.1, -0.05) is 30.3 Å². The number of imidazole rings is 1. The zero-order valence-corrected chi connectivity index (χ0v) is 11.9. The summed E-state index contributed by atoms with van der Waals surface area (Å²) in [6.07, 6.45) is 3.74. The second kappa shape index (κ2) is 6.50. The van der Waals surface area contributed by atoms with Crippen molar-refractivity contribution in [2.75, 3.05) is 20.6 Å². The number of rotatable bonds is 6. The Morgan fingerprint density at radius 3 is 2.58 bits per heavy atom. The van der Waals surface area contributed by atoms with Gasteiger partial charge in [-0.15, -0.1) is 0 Å². The summed E-state index contributed by atoms with van der Waals surface area (Å²) in [7, 11) is 6.22. The molecule has 0 fully saturated rings. The summed E-state index contributed by atoms with van der Waals surface area (Å²) in [6, 6.07) is 10.9. The van der Waals surface area contributed by atoms with Gasteiger partial charge in [-0.2, -0.15) is 0 Å². The lowest BCUT2D eigenvalue weighted by Crippen LogP contribution is -2.31. The molecule has 1 heterocycles. The van der Waals surface area contributed by atoms with Gasteiger partial charge in [0.1, 0.15) is 0 Å². The lowest BCUT2D eigenvalue weighted by atomic mass is 10.1. The summed E-state index contributed by atoms with van der Waals surface area (Å²) in [5, 5.41) is 3.61. The number of aromatic nitrogens is 2. The number of nitrogens with one attached hydrogen (secondary N) is 1. The van der Waals surface area contributed by atoms with E-state index >= 15 is 0 Å². The van der Waals surface area contributed by atoms with Crippen molar-refractivity contribution in [3.8, 4) is 0 Å². The van der Waals surface area contributed by atoms with E-state index in [1.807, 2.05) is 24.1 Å². The normalized spacial score (nSPS) is 12.8. The van der Waals surface area contributed by atoms with Gasteiger partial charge in [0.2, 0.25) is 0 Å². The highest BCUT2D eigenvalue weighted by atomic mass is 15.1. The summed E-state index contributed by atoms with van der Waals surface area (Å²) >= 11 is 0. The van der Waals surface area contributed by atoms with Gasteiger partial charge < -0.3 is 14.8 Å². The van der Waals surface area contributed by atoms with E-state index in [1.54, 1.807) is 0 Å². The van der Waals surface area contributed by atoms with E-state index in [2.05, 4.69) is 59.6 Å². The monoisotopic (exact) mass is 258 g/mol. The van der Waals surface area contributed by atoms with E-state index in [0.29, 0.717) is 6.04 Å². The maximum atomic E-state index is 4.15. The van der Waals surface area contributed by atoms with Crippen LogP contribution in [-0.2, 0) is 13.6 Å². The van der Waals surface area contributed by atoms with E-state index in [-0.39, 0.29) is 0 Å². The van der Waals surface area contributed by atoms with Gasteiger partial charge in [0.25, 0.3) is 0 Å². The lowest BCUT2D eigenvalue weighted by Gasteiger charge is -2.23. The van der Waals surface area contributed by atoms with E-state index in [9.17, 15) is 0 Å². The third kappa shape index (κ3) is 3.91. The fourth-order valence-electron chi connectivity index (χ4n) is 2.12. The molecule has 0 saturated carbocycles. The number of hydrogen-bond acceptors (Lipinski definition) is 3.